The van der Waals surface area contributed by atoms with Crippen LogP contribution in [0.1, 0.15) is 37.8 Å². The lowest BCUT2D eigenvalue weighted by Crippen LogP contribution is -2.43. The van der Waals surface area contributed by atoms with Crippen molar-refractivity contribution in [3.63, 3.8) is 0 Å². The Morgan fingerprint density at radius 2 is 1.82 bits per heavy atom. The van der Waals surface area contributed by atoms with Crippen LogP contribution in [-0.2, 0) is 0 Å². The van der Waals surface area contributed by atoms with Gasteiger partial charge < -0.3 is 10.2 Å². The van der Waals surface area contributed by atoms with E-state index < -0.39 is 0 Å². The first-order valence-corrected chi connectivity index (χ1v) is 6.78. The summed E-state index contributed by atoms with van der Waals surface area (Å²) < 4.78 is 0. The number of piperidine rings is 1. The lowest BCUT2D eigenvalue weighted by molar-refractivity contribution is 0.335. The Balaban J connectivity index is 1.89. The van der Waals surface area contributed by atoms with E-state index in [-0.39, 0.29) is 6.04 Å². The summed E-state index contributed by atoms with van der Waals surface area (Å²) in [7, 11) is 0. The molecule has 1 heterocycles. The second-order valence-corrected chi connectivity index (χ2v) is 5.02. The Kier molecular flexibility index (Phi) is 4.37. The Bertz CT molecular complexity index is 358. The van der Waals surface area contributed by atoms with Crippen molar-refractivity contribution in [1.29, 1.82) is 0 Å². The summed E-state index contributed by atoms with van der Waals surface area (Å²) >= 11 is 5.46. The summed E-state index contributed by atoms with van der Waals surface area (Å²) in [5.74, 6) is 0. The predicted octanol–water partition coefficient (Wildman–Crippen LogP) is 3.11. The van der Waals surface area contributed by atoms with Crippen molar-refractivity contribution in [2.24, 2.45) is 0 Å². The van der Waals surface area contributed by atoms with Gasteiger partial charge in [0.2, 0.25) is 0 Å². The fourth-order valence-electron chi connectivity index (χ4n) is 2.20. The highest BCUT2D eigenvalue weighted by Gasteiger charge is 2.15. The van der Waals surface area contributed by atoms with Gasteiger partial charge in [0.05, 0.1) is 6.04 Å². The van der Waals surface area contributed by atoms with Crippen molar-refractivity contribution >= 4 is 17.3 Å². The van der Waals surface area contributed by atoms with Crippen LogP contribution in [0.4, 0.5) is 0 Å². The molecule has 1 aromatic rings. The van der Waals surface area contributed by atoms with Crippen LogP contribution in [0.3, 0.4) is 0 Å². The quantitative estimate of drug-likeness (QED) is 0.810. The smallest absolute Gasteiger partial charge is 0.169 e. The van der Waals surface area contributed by atoms with E-state index in [0.717, 1.165) is 18.2 Å². The normalized spacial score (nSPS) is 17.6. The van der Waals surface area contributed by atoms with E-state index in [1.54, 1.807) is 0 Å². The zero-order valence-electron chi connectivity index (χ0n) is 10.4. The molecule has 3 heteroatoms. The highest BCUT2D eigenvalue weighted by atomic mass is 32.1. The molecule has 1 saturated heterocycles. The third-order valence-corrected chi connectivity index (χ3v) is 3.66. The first kappa shape index (κ1) is 12.4. The van der Waals surface area contributed by atoms with Gasteiger partial charge in [-0.2, -0.15) is 0 Å². The summed E-state index contributed by atoms with van der Waals surface area (Å²) in [4.78, 5) is 2.29. The molecular formula is C14H20N2S. The van der Waals surface area contributed by atoms with Gasteiger partial charge in [-0.05, 0) is 44.0 Å². The topological polar surface area (TPSA) is 15.3 Å². The molecule has 0 spiro atoms. The van der Waals surface area contributed by atoms with Crippen LogP contribution in [0.5, 0.6) is 0 Å². The minimum absolute atomic E-state index is 0.283. The molecule has 92 valence electrons. The first-order chi connectivity index (χ1) is 8.27. The van der Waals surface area contributed by atoms with E-state index in [2.05, 4.69) is 41.4 Å². The number of hydrogen-bond acceptors (Lipinski definition) is 1. The first-order valence-electron chi connectivity index (χ1n) is 6.38. The lowest BCUT2D eigenvalue weighted by Gasteiger charge is -2.31. The van der Waals surface area contributed by atoms with E-state index in [1.807, 2.05) is 6.07 Å². The Morgan fingerprint density at radius 1 is 1.18 bits per heavy atom. The third kappa shape index (κ3) is 3.43. The fourth-order valence-corrected chi connectivity index (χ4v) is 2.56. The SMILES string of the molecule is C[C@@H](NC(=S)N1CCCCC1)c1ccccc1. The van der Waals surface area contributed by atoms with E-state index in [0.29, 0.717) is 0 Å². The van der Waals surface area contributed by atoms with Crippen molar-refractivity contribution in [2.75, 3.05) is 13.1 Å². The van der Waals surface area contributed by atoms with Crippen LogP contribution < -0.4 is 5.32 Å². The van der Waals surface area contributed by atoms with Gasteiger partial charge in [0.25, 0.3) is 0 Å². The number of thiocarbonyl (C=S) groups is 1. The van der Waals surface area contributed by atoms with E-state index >= 15 is 0 Å². The van der Waals surface area contributed by atoms with Crippen molar-refractivity contribution in [3.8, 4) is 0 Å². The van der Waals surface area contributed by atoms with E-state index in [4.69, 9.17) is 12.2 Å². The molecule has 0 aromatic heterocycles. The van der Waals surface area contributed by atoms with Crippen LogP contribution in [0, 0.1) is 0 Å². The number of rotatable bonds is 2. The van der Waals surface area contributed by atoms with Crippen LogP contribution in [0.25, 0.3) is 0 Å². The number of hydrogen-bond donors (Lipinski definition) is 1. The molecule has 0 radical (unpaired) electrons. The van der Waals surface area contributed by atoms with Crippen molar-refractivity contribution in [1.82, 2.24) is 10.2 Å². The molecule has 2 nitrogen and oxygen atoms in total. The summed E-state index contributed by atoms with van der Waals surface area (Å²) in [6.07, 6.45) is 3.87. The molecule has 1 aliphatic heterocycles. The molecule has 0 unspecified atom stereocenters. The van der Waals surface area contributed by atoms with Gasteiger partial charge in [-0.3, -0.25) is 0 Å². The monoisotopic (exact) mass is 248 g/mol. The molecule has 0 aliphatic carbocycles. The Labute approximate surface area is 109 Å². The summed E-state index contributed by atoms with van der Waals surface area (Å²) in [5, 5.41) is 4.33. The molecule has 1 atom stereocenters. The average molecular weight is 248 g/mol. The van der Waals surface area contributed by atoms with Crippen LogP contribution >= 0.6 is 12.2 Å². The fraction of sp³-hybridized carbons (Fsp3) is 0.500. The molecule has 1 N–H and O–H groups in total. The summed E-state index contributed by atoms with van der Waals surface area (Å²) in [6.45, 7) is 4.37. The second kappa shape index (κ2) is 6.01. The standard InChI is InChI=1S/C14H20N2S/c1-12(13-8-4-2-5-9-13)15-14(17)16-10-6-3-7-11-16/h2,4-5,8-9,12H,3,6-7,10-11H2,1H3,(H,15,17)/t12-/m1/s1. The zero-order valence-corrected chi connectivity index (χ0v) is 11.2. The molecule has 2 rings (SSSR count). The van der Waals surface area contributed by atoms with Gasteiger partial charge in [0.15, 0.2) is 5.11 Å². The maximum Gasteiger partial charge on any atom is 0.169 e. The zero-order chi connectivity index (χ0) is 12.1. The largest absolute Gasteiger partial charge is 0.356 e. The maximum atomic E-state index is 5.46. The minimum Gasteiger partial charge on any atom is -0.356 e. The Hall–Kier alpha value is -1.09. The van der Waals surface area contributed by atoms with Gasteiger partial charge in [-0.15, -0.1) is 0 Å². The van der Waals surface area contributed by atoms with Gasteiger partial charge in [0.1, 0.15) is 0 Å². The van der Waals surface area contributed by atoms with Crippen molar-refractivity contribution < 1.29 is 0 Å². The van der Waals surface area contributed by atoms with Crippen LogP contribution in [0.15, 0.2) is 30.3 Å². The number of benzene rings is 1. The van der Waals surface area contributed by atoms with Gasteiger partial charge >= 0.3 is 0 Å². The number of nitrogens with one attached hydrogen (secondary N) is 1. The maximum absolute atomic E-state index is 5.46. The molecular weight excluding hydrogens is 228 g/mol. The highest BCUT2D eigenvalue weighted by molar-refractivity contribution is 7.80. The number of likely N-dealkylation sites (tertiary alicyclic amines) is 1. The molecule has 0 saturated carbocycles. The molecule has 17 heavy (non-hydrogen) atoms. The van der Waals surface area contributed by atoms with Crippen molar-refractivity contribution in [2.45, 2.75) is 32.2 Å². The average Bonchev–Trinajstić information content (AvgIpc) is 2.40. The lowest BCUT2D eigenvalue weighted by atomic mass is 10.1. The Morgan fingerprint density at radius 3 is 2.47 bits per heavy atom. The molecule has 1 aliphatic rings. The van der Waals surface area contributed by atoms with Gasteiger partial charge in [-0.1, -0.05) is 30.3 Å². The predicted molar refractivity (Wildman–Crippen MR) is 76.0 cm³/mol. The minimum atomic E-state index is 0.283. The van der Waals surface area contributed by atoms with Gasteiger partial charge in [0, 0.05) is 13.1 Å². The summed E-state index contributed by atoms with van der Waals surface area (Å²) in [6, 6.07) is 10.7. The molecule has 1 aromatic carbocycles. The third-order valence-electron chi connectivity index (χ3n) is 3.28. The van der Waals surface area contributed by atoms with E-state index in [9.17, 15) is 0 Å². The van der Waals surface area contributed by atoms with E-state index in [1.165, 1.54) is 24.8 Å². The van der Waals surface area contributed by atoms with Crippen LogP contribution in [-0.4, -0.2) is 23.1 Å². The molecule has 0 amide bonds. The van der Waals surface area contributed by atoms with Gasteiger partial charge in [-0.25, -0.2) is 0 Å². The highest BCUT2D eigenvalue weighted by Crippen LogP contribution is 2.14. The molecule has 1 fully saturated rings. The summed E-state index contributed by atoms with van der Waals surface area (Å²) in [5.41, 5.74) is 1.28. The van der Waals surface area contributed by atoms with Crippen LogP contribution in [0.2, 0.25) is 0 Å². The molecule has 0 bridgehead atoms. The number of nitrogens with zero attached hydrogens (tertiary/aromatic N) is 1. The van der Waals surface area contributed by atoms with Crippen molar-refractivity contribution in [3.05, 3.63) is 35.9 Å². The second-order valence-electron chi connectivity index (χ2n) is 4.63.